The number of carbonyl (C=O) groups excluding carboxylic acids is 1. The number of nitrogens with zero attached hydrogens (tertiary/aromatic N) is 2. The number of carbonyl (C=O) groups is 1. The first-order chi connectivity index (χ1) is 15.2. The van der Waals surface area contributed by atoms with Crippen molar-refractivity contribution in [2.24, 2.45) is 5.10 Å². The van der Waals surface area contributed by atoms with Crippen LogP contribution in [0, 0.1) is 6.92 Å². The summed E-state index contributed by atoms with van der Waals surface area (Å²) < 4.78 is 5.78. The van der Waals surface area contributed by atoms with Crippen molar-refractivity contribution in [3.8, 4) is 16.3 Å². The Morgan fingerprint density at radius 2 is 1.68 bits per heavy atom. The molecule has 31 heavy (non-hydrogen) atoms. The molecule has 0 atom stereocenters. The number of thiazole rings is 1. The third kappa shape index (κ3) is 5.43. The molecule has 0 fully saturated rings. The van der Waals surface area contributed by atoms with Crippen LogP contribution in [0.3, 0.4) is 0 Å². The number of aromatic nitrogens is 1. The number of amides is 1. The number of aryl methyl sites for hydroxylation is 1. The van der Waals surface area contributed by atoms with E-state index in [9.17, 15) is 4.79 Å². The van der Waals surface area contributed by atoms with Crippen molar-refractivity contribution in [3.63, 3.8) is 0 Å². The van der Waals surface area contributed by atoms with Crippen LogP contribution in [0.5, 0.6) is 5.75 Å². The van der Waals surface area contributed by atoms with Gasteiger partial charge in [0.05, 0.1) is 11.9 Å². The first-order valence-corrected chi connectivity index (χ1v) is 10.6. The van der Waals surface area contributed by atoms with E-state index in [0.29, 0.717) is 17.2 Å². The summed E-state index contributed by atoms with van der Waals surface area (Å²) in [6, 6.07) is 27.4. The summed E-state index contributed by atoms with van der Waals surface area (Å²) >= 11 is 1.36. The second kappa shape index (κ2) is 9.82. The molecule has 3 aromatic carbocycles. The number of ether oxygens (including phenoxy) is 1. The molecule has 1 heterocycles. The number of hydrazone groups is 1. The lowest BCUT2D eigenvalue weighted by molar-refractivity contribution is 0.0958. The zero-order chi connectivity index (χ0) is 21.5. The molecule has 5 nitrogen and oxygen atoms in total. The number of nitrogens with one attached hydrogen (secondary N) is 1. The molecule has 6 heteroatoms. The molecular formula is C25H21N3O2S. The molecule has 0 unspecified atom stereocenters. The maximum atomic E-state index is 12.5. The molecule has 0 bridgehead atoms. The van der Waals surface area contributed by atoms with Gasteiger partial charge >= 0.3 is 0 Å². The van der Waals surface area contributed by atoms with E-state index in [4.69, 9.17) is 4.74 Å². The van der Waals surface area contributed by atoms with Gasteiger partial charge in [-0.25, -0.2) is 10.4 Å². The summed E-state index contributed by atoms with van der Waals surface area (Å²) in [6.45, 7) is 2.35. The van der Waals surface area contributed by atoms with Crippen molar-refractivity contribution < 1.29 is 9.53 Å². The lowest BCUT2D eigenvalue weighted by atomic mass is 10.2. The largest absolute Gasteiger partial charge is 0.489 e. The minimum absolute atomic E-state index is 0.267. The van der Waals surface area contributed by atoms with Crippen molar-refractivity contribution >= 4 is 23.5 Å². The quantitative estimate of drug-likeness (QED) is 0.315. The smallest absolute Gasteiger partial charge is 0.283 e. The third-order valence-corrected chi connectivity index (χ3v) is 5.74. The van der Waals surface area contributed by atoms with E-state index >= 15 is 0 Å². The lowest BCUT2D eigenvalue weighted by Gasteiger charge is -2.06. The molecule has 0 saturated carbocycles. The van der Waals surface area contributed by atoms with E-state index in [-0.39, 0.29) is 5.91 Å². The van der Waals surface area contributed by atoms with E-state index in [1.807, 2.05) is 91.9 Å². The van der Waals surface area contributed by atoms with Crippen LogP contribution in [0.4, 0.5) is 0 Å². The fraction of sp³-hybridized carbons (Fsp3) is 0.0800. The Kier molecular flexibility index (Phi) is 6.50. The first-order valence-electron chi connectivity index (χ1n) is 9.82. The highest BCUT2D eigenvalue weighted by Crippen LogP contribution is 2.27. The summed E-state index contributed by atoms with van der Waals surface area (Å²) in [5, 5.41) is 4.90. The molecule has 0 saturated heterocycles. The number of hydrogen-bond acceptors (Lipinski definition) is 5. The van der Waals surface area contributed by atoms with Crippen LogP contribution in [-0.4, -0.2) is 17.1 Å². The average molecular weight is 428 g/mol. The number of hydrogen-bond donors (Lipinski definition) is 1. The van der Waals surface area contributed by atoms with Crippen molar-refractivity contribution in [2.45, 2.75) is 13.5 Å². The standard InChI is InChI=1S/C25H21N3O2S/c1-18-23(31-25(27-18)21-10-6-3-7-11-21)24(29)28-26-16-19-12-14-22(15-13-19)30-17-20-8-4-2-5-9-20/h2-16H,17H2,1H3,(H,28,29)/b26-16+. The summed E-state index contributed by atoms with van der Waals surface area (Å²) in [7, 11) is 0. The molecule has 1 N–H and O–H groups in total. The molecule has 0 aliphatic carbocycles. The maximum absolute atomic E-state index is 12.5. The van der Waals surface area contributed by atoms with E-state index < -0.39 is 0 Å². The topological polar surface area (TPSA) is 63.6 Å². The van der Waals surface area contributed by atoms with Crippen LogP contribution in [0.2, 0.25) is 0 Å². The molecule has 154 valence electrons. The SMILES string of the molecule is Cc1nc(-c2ccccc2)sc1C(=O)N/N=C/c1ccc(OCc2ccccc2)cc1. The van der Waals surface area contributed by atoms with Crippen LogP contribution in [-0.2, 0) is 6.61 Å². The van der Waals surface area contributed by atoms with Gasteiger partial charge in [-0.2, -0.15) is 5.10 Å². The van der Waals surface area contributed by atoms with Gasteiger partial charge in [-0.1, -0.05) is 60.7 Å². The van der Waals surface area contributed by atoms with Crippen LogP contribution >= 0.6 is 11.3 Å². The molecule has 0 aliphatic rings. The Morgan fingerprint density at radius 3 is 2.39 bits per heavy atom. The Labute approximate surface area is 185 Å². The van der Waals surface area contributed by atoms with Crippen molar-refractivity contribution in [3.05, 3.63) is 107 Å². The third-order valence-electron chi connectivity index (χ3n) is 4.53. The van der Waals surface area contributed by atoms with E-state index in [1.165, 1.54) is 11.3 Å². The van der Waals surface area contributed by atoms with Gasteiger partial charge in [-0.15, -0.1) is 11.3 Å². The van der Waals surface area contributed by atoms with E-state index in [1.54, 1.807) is 6.21 Å². The van der Waals surface area contributed by atoms with Gasteiger partial charge in [0, 0.05) is 5.56 Å². The molecule has 0 aliphatic heterocycles. The minimum atomic E-state index is -0.267. The average Bonchev–Trinajstić information content (AvgIpc) is 3.21. The highest BCUT2D eigenvalue weighted by Gasteiger charge is 2.15. The Balaban J connectivity index is 1.33. The predicted octanol–water partition coefficient (Wildman–Crippen LogP) is 5.46. The fourth-order valence-electron chi connectivity index (χ4n) is 2.92. The highest BCUT2D eigenvalue weighted by molar-refractivity contribution is 7.17. The maximum Gasteiger partial charge on any atom is 0.283 e. The molecule has 0 radical (unpaired) electrons. The second-order valence-electron chi connectivity index (χ2n) is 6.84. The van der Waals surface area contributed by atoms with Crippen LogP contribution < -0.4 is 10.2 Å². The minimum Gasteiger partial charge on any atom is -0.489 e. The highest BCUT2D eigenvalue weighted by atomic mass is 32.1. The van der Waals surface area contributed by atoms with Crippen molar-refractivity contribution in [2.75, 3.05) is 0 Å². The molecule has 1 aromatic heterocycles. The predicted molar refractivity (Wildman–Crippen MR) is 125 cm³/mol. The van der Waals surface area contributed by atoms with Crippen LogP contribution in [0.1, 0.15) is 26.5 Å². The fourth-order valence-corrected chi connectivity index (χ4v) is 3.88. The summed E-state index contributed by atoms with van der Waals surface area (Å²) in [6.07, 6.45) is 1.60. The second-order valence-corrected chi connectivity index (χ2v) is 7.84. The Morgan fingerprint density at radius 1 is 1.00 bits per heavy atom. The van der Waals surface area contributed by atoms with Gasteiger partial charge in [0.25, 0.3) is 5.91 Å². The molecule has 0 spiro atoms. The Bertz CT molecular complexity index is 1170. The normalized spacial score (nSPS) is 10.9. The monoisotopic (exact) mass is 427 g/mol. The summed E-state index contributed by atoms with van der Waals surface area (Å²) in [5.74, 6) is 0.509. The van der Waals surface area contributed by atoms with Gasteiger partial charge in [-0.3, -0.25) is 4.79 Å². The van der Waals surface area contributed by atoms with E-state index in [2.05, 4.69) is 15.5 Å². The van der Waals surface area contributed by atoms with Gasteiger partial charge in [-0.05, 0) is 42.3 Å². The number of rotatable bonds is 7. The van der Waals surface area contributed by atoms with Crippen molar-refractivity contribution in [1.82, 2.24) is 10.4 Å². The Hall–Kier alpha value is -3.77. The van der Waals surface area contributed by atoms with Crippen LogP contribution in [0.15, 0.2) is 90.0 Å². The van der Waals surface area contributed by atoms with Crippen LogP contribution in [0.25, 0.3) is 10.6 Å². The van der Waals surface area contributed by atoms with Crippen molar-refractivity contribution in [1.29, 1.82) is 0 Å². The lowest BCUT2D eigenvalue weighted by Crippen LogP contribution is -2.17. The van der Waals surface area contributed by atoms with Gasteiger partial charge in [0.1, 0.15) is 22.2 Å². The van der Waals surface area contributed by atoms with E-state index in [0.717, 1.165) is 27.4 Å². The molecular weight excluding hydrogens is 406 g/mol. The summed E-state index contributed by atoms with van der Waals surface area (Å²) in [4.78, 5) is 17.6. The number of benzene rings is 3. The first kappa shape index (κ1) is 20.5. The molecule has 4 rings (SSSR count). The van der Waals surface area contributed by atoms with Gasteiger partial charge in [0.15, 0.2) is 0 Å². The zero-order valence-electron chi connectivity index (χ0n) is 17.0. The molecule has 1 amide bonds. The zero-order valence-corrected chi connectivity index (χ0v) is 17.8. The molecule has 4 aromatic rings. The van der Waals surface area contributed by atoms with Gasteiger partial charge < -0.3 is 4.74 Å². The summed E-state index contributed by atoms with van der Waals surface area (Å²) in [5.41, 5.74) is 6.24. The van der Waals surface area contributed by atoms with Gasteiger partial charge in [0.2, 0.25) is 0 Å².